The molecule has 3 rings (SSSR count). The predicted molar refractivity (Wildman–Crippen MR) is 77.6 cm³/mol. The van der Waals surface area contributed by atoms with Crippen molar-refractivity contribution in [2.24, 2.45) is 5.92 Å². The number of imidazole rings is 1. The van der Waals surface area contributed by atoms with Gasteiger partial charge in [0.1, 0.15) is 0 Å². The number of nitrogens with zero attached hydrogens (tertiary/aromatic N) is 2. The van der Waals surface area contributed by atoms with Crippen LogP contribution >= 0.6 is 11.3 Å². The number of nitrogens with one attached hydrogen (secondary N) is 1. The van der Waals surface area contributed by atoms with Crippen molar-refractivity contribution in [2.75, 3.05) is 6.54 Å². The van der Waals surface area contributed by atoms with Crippen molar-refractivity contribution in [1.29, 1.82) is 0 Å². The SMILES string of the molecule is CC(C)C(O)CNCc1c(C2CC2)nc2sccn12. The van der Waals surface area contributed by atoms with Crippen molar-refractivity contribution < 1.29 is 5.11 Å². The Morgan fingerprint density at radius 1 is 1.53 bits per heavy atom. The van der Waals surface area contributed by atoms with E-state index in [2.05, 4.69) is 21.3 Å². The zero-order valence-corrected chi connectivity index (χ0v) is 12.3. The average Bonchev–Trinajstić information content (AvgIpc) is 3.02. The summed E-state index contributed by atoms with van der Waals surface area (Å²) < 4.78 is 2.19. The lowest BCUT2D eigenvalue weighted by Gasteiger charge is -2.15. The molecule has 0 saturated heterocycles. The number of aliphatic hydroxyl groups excluding tert-OH is 1. The van der Waals surface area contributed by atoms with Crippen molar-refractivity contribution in [3.8, 4) is 0 Å². The number of hydrogen-bond acceptors (Lipinski definition) is 4. The highest BCUT2D eigenvalue weighted by Gasteiger charge is 2.30. The molecule has 2 aromatic rings. The number of fused-ring (bicyclic) bond motifs is 1. The van der Waals surface area contributed by atoms with Crippen LogP contribution in [0.1, 0.15) is 44.0 Å². The van der Waals surface area contributed by atoms with Gasteiger partial charge >= 0.3 is 0 Å². The van der Waals surface area contributed by atoms with Gasteiger partial charge in [-0.3, -0.25) is 4.40 Å². The molecule has 2 heterocycles. The Labute approximate surface area is 117 Å². The van der Waals surface area contributed by atoms with E-state index in [-0.39, 0.29) is 6.10 Å². The van der Waals surface area contributed by atoms with Gasteiger partial charge in [-0.2, -0.15) is 0 Å². The minimum atomic E-state index is -0.282. The first kappa shape index (κ1) is 13.1. The molecular weight excluding hydrogens is 258 g/mol. The second kappa shape index (κ2) is 5.23. The zero-order chi connectivity index (χ0) is 13.4. The van der Waals surface area contributed by atoms with Crippen LogP contribution in [0.5, 0.6) is 0 Å². The largest absolute Gasteiger partial charge is 0.392 e. The second-order valence-electron chi connectivity index (χ2n) is 5.72. The molecule has 1 unspecified atom stereocenters. The minimum absolute atomic E-state index is 0.282. The fraction of sp³-hybridized carbons (Fsp3) is 0.643. The Balaban J connectivity index is 1.72. The molecule has 1 atom stereocenters. The van der Waals surface area contributed by atoms with Gasteiger partial charge in [-0.15, -0.1) is 11.3 Å². The first-order chi connectivity index (χ1) is 9.16. The van der Waals surface area contributed by atoms with E-state index in [1.54, 1.807) is 11.3 Å². The molecule has 1 aliphatic carbocycles. The van der Waals surface area contributed by atoms with Gasteiger partial charge in [0.05, 0.1) is 17.5 Å². The summed E-state index contributed by atoms with van der Waals surface area (Å²) in [4.78, 5) is 5.83. The van der Waals surface area contributed by atoms with Gasteiger partial charge in [0.25, 0.3) is 0 Å². The summed E-state index contributed by atoms with van der Waals surface area (Å²) in [5.74, 6) is 0.959. The Kier molecular flexibility index (Phi) is 3.60. The highest BCUT2D eigenvalue weighted by Crippen LogP contribution is 2.41. The summed E-state index contributed by atoms with van der Waals surface area (Å²) in [6.07, 6.45) is 4.35. The fourth-order valence-electron chi connectivity index (χ4n) is 2.28. The van der Waals surface area contributed by atoms with Crippen molar-refractivity contribution in [3.63, 3.8) is 0 Å². The van der Waals surface area contributed by atoms with E-state index in [0.29, 0.717) is 18.4 Å². The minimum Gasteiger partial charge on any atom is -0.392 e. The maximum atomic E-state index is 9.84. The molecule has 19 heavy (non-hydrogen) atoms. The lowest BCUT2D eigenvalue weighted by atomic mass is 10.1. The van der Waals surface area contributed by atoms with Crippen molar-refractivity contribution in [1.82, 2.24) is 14.7 Å². The Hall–Kier alpha value is -0.910. The summed E-state index contributed by atoms with van der Waals surface area (Å²) in [7, 11) is 0. The van der Waals surface area contributed by atoms with Crippen LogP contribution in [-0.2, 0) is 6.54 Å². The van der Waals surface area contributed by atoms with Gasteiger partial charge in [0, 0.05) is 30.6 Å². The topological polar surface area (TPSA) is 49.6 Å². The molecule has 0 spiro atoms. The molecule has 5 heteroatoms. The summed E-state index contributed by atoms with van der Waals surface area (Å²) >= 11 is 1.69. The molecule has 0 bridgehead atoms. The summed E-state index contributed by atoms with van der Waals surface area (Å²) in [5, 5.41) is 15.3. The smallest absolute Gasteiger partial charge is 0.194 e. The lowest BCUT2D eigenvalue weighted by molar-refractivity contribution is 0.123. The highest BCUT2D eigenvalue weighted by molar-refractivity contribution is 7.15. The molecule has 0 aromatic carbocycles. The Morgan fingerprint density at radius 3 is 3.00 bits per heavy atom. The monoisotopic (exact) mass is 279 g/mol. The van der Waals surface area contributed by atoms with Gasteiger partial charge in [0.15, 0.2) is 4.96 Å². The van der Waals surface area contributed by atoms with E-state index < -0.39 is 0 Å². The Bertz CT molecular complexity index is 556. The molecule has 1 saturated carbocycles. The van der Waals surface area contributed by atoms with Crippen LogP contribution in [0.3, 0.4) is 0 Å². The van der Waals surface area contributed by atoms with Crippen LogP contribution in [0.2, 0.25) is 0 Å². The van der Waals surface area contributed by atoms with E-state index in [9.17, 15) is 5.11 Å². The maximum Gasteiger partial charge on any atom is 0.194 e. The Morgan fingerprint density at radius 2 is 2.32 bits per heavy atom. The third kappa shape index (κ3) is 2.68. The molecule has 4 nitrogen and oxygen atoms in total. The third-order valence-electron chi connectivity index (χ3n) is 3.77. The second-order valence-corrected chi connectivity index (χ2v) is 6.59. The number of hydrogen-bond donors (Lipinski definition) is 2. The number of rotatable bonds is 6. The molecule has 2 aromatic heterocycles. The van der Waals surface area contributed by atoms with Gasteiger partial charge in [-0.25, -0.2) is 4.98 Å². The number of aliphatic hydroxyl groups is 1. The van der Waals surface area contributed by atoms with E-state index >= 15 is 0 Å². The molecule has 1 fully saturated rings. The normalized spacial score (nSPS) is 17.5. The fourth-order valence-corrected chi connectivity index (χ4v) is 3.02. The summed E-state index contributed by atoms with van der Waals surface area (Å²) in [6.45, 7) is 5.50. The quantitative estimate of drug-likeness (QED) is 0.853. The van der Waals surface area contributed by atoms with Crippen LogP contribution in [0.25, 0.3) is 4.96 Å². The number of thiazole rings is 1. The van der Waals surface area contributed by atoms with E-state index in [1.807, 2.05) is 13.8 Å². The van der Waals surface area contributed by atoms with Crippen LogP contribution in [0, 0.1) is 5.92 Å². The molecule has 0 aliphatic heterocycles. The highest BCUT2D eigenvalue weighted by atomic mass is 32.1. The van der Waals surface area contributed by atoms with E-state index in [4.69, 9.17) is 4.98 Å². The van der Waals surface area contributed by atoms with E-state index in [1.165, 1.54) is 24.2 Å². The molecule has 0 radical (unpaired) electrons. The maximum absolute atomic E-state index is 9.84. The average molecular weight is 279 g/mol. The zero-order valence-electron chi connectivity index (χ0n) is 11.5. The van der Waals surface area contributed by atoms with E-state index in [0.717, 1.165) is 11.5 Å². The van der Waals surface area contributed by atoms with Crippen molar-refractivity contribution >= 4 is 16.3 Å². The molecule has 2 N–H and O–H groups in total. The first-order valence-electron chi connectivity index (χ1n) is 7.00. The van der Waals surface area contributed by atoms with Gasteiger partial charge in [-0.1, -0.05) is 13.8 Å². The van der Waals surface area contributed by atoms with Gasteiger partial charge < -0.3 is 10.4 Å². The van der Waals surface area contributed by atoms with Crippen LogP contribution in [-0.4, -0.2) is 27.1 Å². The van der Waals surface area contributed by atoms with Crippen molar-refractivity contribution in [2.45, 2.75) is 45.3 Å². The molecule has 0 amide bonds. The molecule has 1 aliphatic rings. The predicted octanol–water partition coefficient (Wildman–Crippen LogP) is 2.38. The third-order valence-corrected chi connectivity index (χ3v) is 4.53. The van der Waals surface area contributed by atoms with Crippen LogP contribution in [0.4, 0.5) is 0 Å². The molecule has 104 valence electrons. The summed E-state index contributed by atoms with van der Waals surface area (Å²) in [6, 6.07) is 0. The standard InChI is InChI=1S/C14H21N3OS/c1-9(2)12(18)8-15-7-11-13(10-3-4-10)16-14-17(11)5-6-19-14/h5-6,9-10,12,15,18H,3-4,7-8H2,1-2H3. The van der Waals surface area contributed by atoms with Crippen molar-refractivity contribution in [3.05, 3.63) is 23.0 Å². The summed E-state index contributed by atoms with van der Waals surface area (Å²) in [5.41, 5.74) is 2.54. The number of aromatic nitrogens is 2. The molecular formula is C14H21N3OS. The first-order valence-corrected chi connectivity index (χ1v) is 7.88. The van der Waals surface area contributed by atoms with Gasteiger partial charge in [0.2, 0.25) is 0 Å². The van der Waals surface area contributed by atoms with Crippen LogP contribution in [0.15, 0.2) is 11.6 Å². The van der Waals surface area contributed by atoms with Gasteiger partial charge in [-0.05, 0) is 18.8 Å². The lowest BCUT2D eigenvalue weighted by Crippen LogP contribution is -2.30. The van der Waals surface area contributed by atoms with Crippen LogP contribution < -0.4 is 5.32 Å².